The number of hydrogen-bond donors (Lipinski definition) is 2. The molecule has 0 spiro atoms. The summed E-state index contributed by atoms with van der Waals surface area (Å²) < 4.78 is 4.87. The summed E-state index contributed by atoms with van der Waals surface area (Å²) in [5.74, 6) is -0.569. The number of ether oxygens (including phenoxy) is 1. The summed E-state index contributed by atoms with van der Waals surface area (Å²) in [7, 11) is 0. The predicted molar refractivity (Wildman–Crippen MR) is 48.2 cm³/mol. The summed E-state index contributed by atoms with van der Waals surface area (Å²) in [6.07, 6.45) is 0. The van der Waals surface area contributed by atoms with Crippen LogP contribution in [0.1, 0.15) is 20.8 Å². The average molecular weight is 198 g/mol. The van der Waals surface area contributed by atoms with Crippen molar-refractivity contribution in [1.82, 2.24) is 0 Å². The molecule has 0 bridgehead atoms. The van der Waals surface area contributed by atoms with Gasteiger partial charge in [0.25, 0.3) is 0 Å². The molecular weight excluding hydrogens is 182 g/mol. The van der Waals surface area contributed by atoms with E-state index in [2.05, 4.69) is 0 Å². The Morgan fingerprint density at radius 2 is 2.00 bits per heavy atom. The lowest BCUT2D eigenvalue weighted by molar-refractivity contribution is -0.157. The highest BCUT2D eigenvalue weighted by molar-refractivity contribution is 5.85. The van der Waals surface area contributed by atoms with Crippen LogP contribution in [0.5, 0.6) is 0 Å². The molecule has 74 valence electrons. The van der Waals surface area contributed by atoms with E-state index in [4.69, 9.17) is 15.6 Å². The lowest BCUT2D eigenvalue weighted by atomic mass is 10.2. The van der Waals surface area contributed by atoms with Crippen molar-refractivity contribution in [3.8, 4) is 0 Å². The van der Waals surface area contributed by atoms with Crippen LogP contribution >= 0.6 is 12.4 Å². The Bertz CT molecular complexity index is 144. The zero-order chi connectivity index (χ0) is 9.07. The fourth-order valence-electron chi connectivity index (χ4n) is 0.452. The van der Waals surface area contributed by atoms with E-state index in [1.807, 2.05) is 0 Å². The minimum Gasteiger partial charge on any atom is -0.459 e. The third-order valence-electron chi connectivity index (χ3n) is 0.906. The van der Waals surface area contributed by atoms with Crippen LogP contribution in [0.25, 0.3) is 0 Å². The molecule has 5 heteroatoms. The summed E-state index contributed by atoms with van der Waals surface area (Å²) in [5.41, 5.74) is 4.66. The summed E-state index contributed by atoms with van der Waals surface area (Å²) in [4.78, 5) is 10.9. The van der Waals surface area contributed by atoms with Crippen molar-refractivity contribution in [2.24, 2.45) is 5.73 Å². The maximum Gasteiger partial charge on any atom is 0.325 e. The molecule has 0 unspecified atom stereocenters. The number of carbonyl (C=O) groups excluding carboxylic acids is 1. The summed E-state index contributed by atoms with van der Waals surface area (Å²) in [6.45, 7) is 4.86. The molecule has 0 aromatic rings. The Morgan fingerprint density at radius 1 is 1.58 bits per heavy atom. The second-order valence-corrected chi connectivity index (χ2v) is 3.32. The van der Waals surface area contributed by atoms with E-state index in [0.29, 0.717) is 0 Å². The van der Waals surface area contributed by atoms with Crippen molar-refractivity contribution in [3.05, 3.63) is 0 Å². The van der Waals surface area contributed by atoms with Crippen molar-refractivity contribution < 1.29 is 14.6 Å². The second-order valence-electron chi connectivity index (χ2n) is 3.32. The van der Waals surface area contributed by atoms with Gasteiger partial charge in [-0.3, -0.25) is 4.79 Å². The Morgan fingerprint density at radius 3 is 2.25 bits per heavy atom. The van der Waals surface area contributed by atoms with Gasteiger partial charge in [0.15, 0.2) is 0 Å². The number of aliphatic hydroxyl groups excluding tert-OH is 1. The zero-order valence-electron chi connectivity index (χ0n) is 7.53. The second kappa shape index (κ2) is 5.35. The third-order valence-corrected chi connectivity index (χ3v) is 0.906. The first kappa shape index (κ1) is 14.2. The van der Waals surface area contributed by atoms with Crippen LogP contribution < -0.4 is 5.73 Å². The molecule has 0 heterocycles. The summed E-state index contributed by atoms with van der Waals surface area (Å²) in [6, 6.07) is -0.922. The van der Waals surface area contributed by atoms with E-state index in [1.165, 1.54) is 0 Å². The quantitative estimate of drug-likeness (QED) is 0.615. The summed E-state index contributed by atoms with van der Waals surface area (Å²) >= 11 is 0. The van der Waals surface area contributed by atoms with E-state index >= 15 is 0 Å². The minimum atomic E-state index is -0.922. The van der Waals surface area contributed by atoms with Gasteiger partial charge in [0, 0.05) is 0 Å². The fourth-order valence-corrected chi connectivity index (χ4v) is 0.452. The Hall–Kier alpha value is -0.320. The molecule has 3 N–H and O–H groups in total. The van der Waals surface area contributed by atoms with Gasteiger partial charge < -0.3 is 15.6 Å². The topological polar surface area (TPSA) is 72.5 Å². The van der Waals surface area contributed by atoms with Crippen LogP contribution in [0, 0.1) is 0 Å². The number of hydrogen-bond acceptors (Lipinski definition) is 4. The van der Waals surface area contributed by atoms with Gasteiger partial charge in [0.1, 0.15) is 11.6 Å². The van der Waals surface area contributed by atoms with E-state index in [1.54, 1.807) is 20.8 Å². The molecule has 0 rings (SSSR count). The zero-order valence-corrected chi connectivity index (χ0v) is 8.35. The molecule has 0 aliphatic carbocycles. The number of rotatable bonds is 2. The van der Waals surface area contributed by atoms with Gasteiger partial charge in [-0.05, 0) is 20.8 Å². The maximum atomic E-state index is 10.9. The SMILES string of the molecule is CC(C)(C)OC(=O)[C@@H](N)CO.Cl. The van der Waals surface area contributed by atoms with Crippen LogP contribution in [0.2, 0.25) is 0 Å². The highest BCUT2D eigenvalue weighted by Crippen LogP contribution is 2.07. The molecule has 0 fully saturated rings. The van der Waals surface area contributed by atoms with Crippen LogP contribution in [0.3, 0.4) is 0 Å². The molecule has 1 atom stereocenters. The first-order chi connectivity index (χ1) is 4.87. The summed E-state index contributed by atoms with van der Waals surface area (Å²) in [5, 5.41) is 8.48. The molecule has 0 saturated carbocycles. The Kier molecular flexibility index (Phi) is 6.34. The molecular formula is C7H16ClNO3. The van der Waals surface area contributed by atoms with Gasteiger partial charge in [-0.15, -0.1) is 12.4 Å². The number of nitrogens with two attached hydrogens (primary N) is 1. The van der Waals surface area contributed by atoms with Crippen molar-refractivity contribution in [3.63, 3.8) is 0 Å². The molecule has 0 aliphatic heterocycles. The lowest BCUT2D eigenvalue weighted by Crippen LogP contribution is -2.39. The largest absolute Gasteiger partial charge is 0.459 e. The number of carbonyl (C=O) groups is 1. The first-order valence-corrected chi connectivity index (χ1v) is 3.46. The normalized spacial score (nSPS) is 13.1. The average Bonchev–Trinajstić information content (AvgIpc) is 1.82. The molecule has 12 heavy (non-hydrogen) atoms. The number of aliphatic hydroxyl groups is 1. The van der Waals surface area contributed by atoms with E-state index in [-0.39, 0.29) is 19.0 Å². The molecule has 0 aliphatic rings. The monoisotopic (exact) mass is 197 g/mol. The van der Waals surface area contributed by atoms with Crippen molar-refractivity contribution in [2.75, 3.05) is 6.61 Å². The molecule has 4 nitrogen and oxygen atoms in total. The smallest absolute Gasteiger partial charge is 0.325 e. The molecule has 0 amide bonds. The maximum absolute atomic E-state index is 10.9. The molecule has 0 saturated heterocycles. The van der Waals surface area contributed by atoms with Crippen molar-refractivity contribution in [1.29, 1.82) is 0 Å². The van der Waals surface area contributed by atoms with Gasteiger partial charge in [0.05, 0.1) is 6.61 Å². The van der Waals surface area contributed by atoms with Gasteiger partial charge in [-0.25, -0.2) is 0 Å². The van der Waals surface area contributed by atoms with Crippen LogP contribution in [0.15, 0.2) is 0 Å². The first-order valence-electron chi connectivity index (χ1n) is 3.46. The van der Waals surface area contributed by atoms with Crippen LogP contribution in [0.4, 0.5) is 0 Å². The Balaban J connectivity index is 0. The lowest BCUT2D eigenvalue weighted by Gasteiger charge is -2.21. The van der Waals surface area contributed by atoms with Crippen LogP contribution in [-0.4, -0.2) is 29.3 Å². The highest BCUT2D eigenvalue weighted by Gasteiger charge is 2.20. The van der Waals surface area contributed by atoms with Crippen molar-refractivity contribution >= 4 is 18.4 Å². The number of esters is 1. The Labute approximate surface area is 78.5 Å². The van der Waals surface area contributed by atoms with E-state index in [0.717, 1.165) is 0 Å². The minimum absolute atomic E-state index is 0. The number of halogens is 1. The molecule has 0 radical (unpaired) electrons. The molecule has 0 aromatic heterocycles. The standard InChI is InChI=1S/C7H15NO3.ClH/c1-7(2,3)11-6(10)5(8)4-9;/h5,9H,4,8H2,1-3H3;1H/t5-;/m0./s1. The van der Waals surface area contributed by atoms with E-state index < -0.39 is 17.6 Å². The van der Waals surface area contributed by atoms with Gasteiger partial charge in [-0.1, -0.05) is 0 Å². The van der Waals surface area contributed by atoms with Gasteiger partial charge in [-0.2, -0.15) is 0 Å². The molecule has 0 aromatic carbocycles. The highest BCUT2D eigenvalue weighted by atomic mass is 35.5. The third kappa shape index (κ3) is 6.39. The van der Waals surface area contributed by atoms with E-state index in [9.17, 15) is 4.79 Å². The predicted octanol–water partition coefficient (Wildman–Crippen LogP) is 0.0695. The fraction of sp³-hybridized carbons (Fsp3) is 0.857. The van der Waals surface area contributed by atoms with Crippen LogP contribution in [-0.2, 0) is 9.53 Å². The van der Waals surface area contributed by atoms with Gasteiger partial charge >= 0.3 is 5.97 Å². The van der Waals surface area contributed by atoms with Gasteiger partial charge in [0.2, 0.25) is 0 Å². The van der Waals surface area contributed by atoms with Crippen molar-refractivity contribution in [2.45, 2.75) is 32.4 Å².